The van der Waals surface area contributed by atoms with E-state index in [9.17, 15) is 4.79 Å². The second-order valence-electron chi connectivity index (χ2n) is 6.66. The van der Waals surface area contributed by atoms with E-state index >= 15 is 0 Å². The van der Waals surface area contributed by atoms with Gasteiger partial charge < -0.3 is 10.1 Å². The second-order valence-corrected chi connectivity index (χ2v) is 9.67. The van der Waals surface area contributed by atoms with Gasteiger partial charge in [-0.15, -0.1) is 16.8 Å². The quantitative estimate of drug-likeness (QED) is 0.164. The summed E-state index contributed by atoms with van der Waals surface area (Å²) in [5.74, 6) is 0.726. The Morgan fingerprint density at radius 1 is 1.12 bits per heavy atom. The summed E-state index contributed by atoms with van der Waals surface area (Å²) in [5, 5.41) is 13.5. The lowest BCUT2D eigenvalue weighted by Crippen LogP contribution is -2.16. The summed E-state index contributed by atoms with van der Waals surface area (Å²) >= 11 is 31.5. The molecule has 0 fully saturated rings. The van der Waals surface area contributed by atoms with Crippen molar-refractivity contribution >= 4 is 81.4 Å². The van der Waals surface area contributed by atoms with Gasteiger partial charge in [0.15, 0.2) is 17.1 Å². The maximum Gasteiger partial charge on any atom is 0.234 e. The fourth-order valence-electron chi connectivity index (χ4n) is 2.75. The first-order valence-electron chi connectivity index (χ1n) is 9.42. The Balaban J connectivity index is 1.71. The highest BCUT2D eigenvalue weighted by atomic mass is 35.5. The molecule has 0 aliphatic heterocycles. The molecule has 1 heterocycles. The van der Waals surface area contributed by atoms with Crippen LogP contribution in [0, 0.1) is 0 Å². The summed E-state index contributed by atoms with van der Waals surface area (Å²) in [6, 6.07) is 7.91. The minimum Gasteiger partial charge on any atom is -0.481 e. The number of aromatic nitrogens is 3. The first-order chi connectivity index (χ1) is 15.7. The van der Waals surface area contributed by atoms with Crippen LogP contribution in [0.15, 0.2) is 48.1 Å². The molecule has 33 heavy (non-hydrogen) atoms. The smallest absolute Gasteiger partial charge is 0.234 e. The van der Waals surface area contributed by atoms with Crippen LogP contribution in [0.3, 0.4) is 0 Å². The molecule has 1 atom stereocenters. The van der Waals surface area contributed by atoms with Gasteiger partial charge in [0, 0.05) is 17.6 Å². The molecule has 1 aromatic heterocycles. The number of thioether (sulfide) groups is 1. The molecule has 3 aromatic rings. The van der Waals surface area contributed by atoms with Crippen molar-refractivity contribution in [3.63, 3.8) is 0 Å². The van der Waals surface area contributed by atoms with Crippen LogP contribution in [0.4, 0.5) is 5.69 Å². The highest BCUT2D eigenvalue weighted by Gasteiger charge is 2.21. The van der Waals surface area contributed by atoms with Crippen molar-refractivity contribution in [2.24, 2.45) is 0 Å². The number of anilines is 1. The van der Waals surface area contributed by atoms with Crippen molar-refractivity contribution in [3.8, 4) is 5.75 Å². The van der Waals surface area contributed by atoms with Crippen LogP contribution in [0.5, 0.6) is 5.75 Å². The monoisotopic (exact) mass is 564 g/mol. The van der Waals surface area contributed by atoms with Crippen LogP contribution in [-0.2, 0) is 11.3 Å². The normalized spacial score (nSPS) is 11.8. The maximum absolute atomic E-state index is 12.5. The number of carbonyl (C=O) groups excluding carboxylic acids is 1. The number of allylic oxidation sites excluding steroid dienone is 1. The number of nitrogens with one attached hydrogen (secondary N) is 1. The number of halogens is 5. The Labute approximate surface area is 220 Å². The van der Waals surface area contributed by atoms with Crippen molar-refractivity contribution in [3.05, 3.63) is 73.9 Å². The molecule has 174 valence electrons. The topological polar surface area (TPSA) is 69.0 Å². The average molecular weight is 567 g/mol. The number of benzene rings is 2. The predicted octanol–water partition coefficient (Wildman–Crippen LogP) is 7.60. The van der Waals surface area contributed by atoms with Crippen molar-refractivity contribution in [2.45, 2.75) is 24.7 Å². The van der Waals surface area contributed by atoms with E-state index in [0.29, 0.717) is 44.0 Å². The SMILES string of the molecule is C=CCn1c(SCC(=O)Nc2cc(Cl)c(Cl)cc2Cl)nnc1C(C)Oc1cc(Cl)ccc1Cl. The van der Waals surface area contributed by atoms with Gasteiger partial charge >= 0.3 is 0 Å². The number of nitrogens with zero attached hydrogens (tertiary/aromatic N) is 3. The summed E-state index contributed by atoms with van der Waals surface area (Å²) in [4.78, 5) is 12.5. The van der Waals surface area contributed by atoms with Gasteiger partial charge in [0.05, 0.1) is 31.5 Å². The molecule has 1 N–H and O–H groups in total. The first-order valence-corrected chi connectivity index (χ1v) is 12.3. The largest absolute Gasteiger partial charge is 0.481 e. The fourth-order valence-corrected chi connectivity index (χ4v) is 4.43. The molecular formula is C21H17Cl5N4O2S. The van der Waals surface area contributed by atoms with E-state index in [0.717, 1.165) is 0 Å². The molecule has 2 aromatic carbocycles. The zero-order valence-corrected chi connectivity index (χ0v) is 21.7. The van der Waals surface area contributed by atoms with Gasteiger partial charge in [-0.2, -0.15) is 0 Å². The van der Waals surface area contributed by atoms with Crippen molar-refractivity contribution in [1.29, 1.82) is 0 Å². The zero-order chi connectivity index (χ0) is 24.1. The van der Waals surface area contributed by atoms with Gasteiger partial charge in [-0.1, -0.05) is 75.8 Å². The molecule has 0 saturated carbocycles. The molecule has 0 radical (unpaired) electrons. The zero-order valence-electron chi connectivity index (χ0n) is 17.1. The molecule has 6 nitrogen and oxygen atoms in total. The lowest BCUT2D eigenvalue weighted by molar-refractivity contribution is -0.113. The maximum atomic E-state index is 12.5. The molecular weight excluding hydrogens is 550 g/mol. The Bertz CT molecular complexity index is 1190. The Morgan fingerprint density at radius 2 is 1.85 bits per heavy atom. The van der Waals surface area contributed by atoms with Crippen LogP contribution in [0.2, 0.25) is 25.1 Å². The first kappa shape index (κ1) is 26.0. The molecule has 0 aliphatic carbocycles. The summed E-state index contributed by atoms with van der Waals surface area (Å²) in [6.45, 7) is 6.01. The van der Waals surface area contributed by atoms with E-state index in [1.54, 1.807) is 28.8 Å². The molecule has 1 amide bonds. The molecule has 0 spiro atoms. The Hall–Kier alpha value is -1.61. The third-order valence-electron chi connectivity index (χ3n) is 4.23. The van der Waals surface area contributed by atoms with Crippen molar-refractivity contribution < 1.29 is 9.53 Å². The Morgan fingerprint density at radius 3 is 2.58 bits per heavy atom. The van der Waals surface area contributed by atoms with Gasteiger partial charge in [-0.05, 0) is 31.2 Å². The molecule has 3 rings (SSSR count). The van der Waals surface area contributed by atoms with E-state index in [-0.39, 0.29) is 21.7 Å². The van der Waals surface area contributed by atoms with E-state index < -0.39 is 6.10 Å². The van der Waals surface area contributed by atoms with Gasteiger partial charge in [0.25, 0.3) is 0 Å². The van der Waals surface area contributed by atoms with E-state index in [2.05, 4.69) is 22.1 Å². The lowest BCUT2D eigenvalue weighted by Gasteiger charge is -2.16. The van der Waals surface area contributed by atoms with Gasteiger partial charge in [0.1, 0.15) is 5.75 Å². The van der Waals surface area contributed by atoms with Crippen LogP contribution in [0.25, 0.3) is 0 Å². The molecule has 0 aliphatic rings. The van der Waals surface area contributed by atoms with Crippen molar-refractivity contribution in [2.75, 3.05) is 11.1 Å². The standard InChI is InChI=1S/C21H17Cl5N4O2S/c1-3-6-30-20(11(2)32-18-7-12(22)4-5-13(18)23)28-29-21(30)33-10-19(31)27-17-9-15(25)14(24)8-16(17)26/h3-5,7-9,11H,1,6,10H2,2H3,(H,27,31). The van der Waals surface area contributed by atoms with E-state index in [4.69, 9.17) is 62.7 Å². The van der Waals surface area contributed by atoms with Gasteiger partial charge in [-0.25, -0.2) is 0 Å². The summed E-state index contributed by atoms with van der Waals surface area (Å²) in [7, 11) is 0. The number of hydrogen-bond donors (Lipinski definition) is 1. The number of hydrogen-bond acceptors (Lipinski definition) is 5. The Kier molecular flexibility index (Phi) is 9.21. The van der Waals surface area contributed by atoms with E-state index in [1.807, 2.05) is 6.92 Å². The number of amides is 1. The number of carbonyl (C=O) groups is 1. The summed E-state index contributed by atoms with van der Waals surface area (Å²) in [6.07, 6.45) is 1.21. The van der Waals surface area contributed by atoms with Crippen molar-refractivity contribution in [1.82, 2.24) is 14.8 Å². The van der Waals surface area contributed by atoms with E-state index in [1.165, 1.54) is 23.9 Å². The molecule has 0 saturated heterocycles. The van der Waals surface area contributed by atoms with Gasteiger partial charge in [0.2, 0.25) is 5.91 Å². The van der Waals surface area contributed by atoms with Crippen LogP contribution in [-0.4, -0.2) is 26.4 Å². The minimum atomic E-state index is -0.494. The highest BCUT2D eigenvalue weighted by molar-refractivity contribution is 7.99. The summed E-state index contributed by atoms with van der Waals surface area (Å²) in [5.41, 5.74) is 0.366. The second kappa shape index (κ2) is 11.7. The molecule has 12 heteroatoms. The van der Waals surface area contributed by atoms with Crippen LogP contribution >= 0.6 is 69.8 Å². The minimum absolute atomic E-state index is 0.0568. The average Bonchev–Trinajstić information content (AvgIpc) is 3.16. The van der Waals surface area contributed by atoms with Gasteiger partial charge in [-0.3, -0.25) is 9.36 Å². The molecule has 0 bridgehead atoms. The number of ether oxygens (including phenoxy) is 1. The third-order valence-corrected chi connectivity index (χ3v) is 6.78. The lowest BCUT2D eigenvalue weighted by atomic mass is 10.3. The molecule has 1 unspecified atom stereocenters. The summed E-state index contributed by atoms with van der Waals surface area (Å²) < 4.78 is 7.76. The third kappa shape index (κ3) is 6.72. The predicted molar refractivity (Wildman–Crippen MR) is 137 cm³/mol. The number of rotatable bonds is 9. The van der Waals surface area contributed by atoms with Crippen LogP contribution in [0.1, 0.15) is 18.9 Å². The van der Waals surface area contributed by atoms with Crippen LogP contribution < -0.4 is 10.1 Å². The highest BCUT2D eigenvalue weighted by Crippen LogP contribution is 2.33. The fraction of sp³-hybridized carbons (Fsp3) is 0.190.